The summed E-state index contributed by atoms with van der Waals surface area (Å²) >= 11 is 4.91. The Labute approximate surface area is 158 Å². The topological polar surface area (TPSA) is 50.7 Å². The second kappa shape index (κ2) is 8.60. The van der Waals surface area contributed by atoms with Crippen molar-refractivity contribution in [3.63, 3.8) is 0 Å². The highest BCUT2D eigenvalue weighted by Gasteiger charge is 2.07. The molecule has 1 N–H and O–H groups in total. The van der Waals surface area contributed by atoms with Crippen LogP contribution in [0, 0.1) is 0 Å². The number of amides is 1. The SMILES string of the molecule is O=C(COc1ccccc1-c1ccccc1)N/N=C/c1ccc(Br)s1. The minimum atomic E-state index is -0.310. The van der Waals surface area contributed by atoms with Gasteiger partial charge in [-0.2, -0.15) is 5.10 Å². The van der Waals surface area contributed by atoms with Crippen LogP contribution in [0.25, 0.3) is 11.1 Å². The van der Waals surface area contributed by atoms with Crippen molar-refractivity contribution < 1.29 is 9.53 Å². The second-order valence-electron chi connectivity index (χ2n) is 5.09. The van der Waals surface area contributed by atoms with Crippen LogP contribution in [0.5, 0.6) is 5.75 Å². The molecule has 0 bridgehead atoms. The van der Waals surface area contributed by atoms with Crippen LogP contribution in [-0.4, -0.2) is 18.7 Å². The normalized spacial score (nSPS) is 10.8. The minimum absolute atomic E-state index is 0.102. The van der Waals surface area contributed by atoms with Gasteiger partial charge in [0.2, 0.25) is 0 Å². The van der Waals surface area contributed by atoms with Crippen molar-refractivity contribution in [1.29, 1.82) is 0 Å². The zero-order valence-corrected chi connectivity index (χ0v) is 15.6. The highest BCUT2D eigenvalue weighted by Crippen LogP contribution is 2.29. The fourth-order valence-corrected chi connectivity index (χ4v) is 3.49. The van der Waals surface area contributed by atoms with Gasteiger partial charge in [-0.1, -0.05) is 48.5 Å². The van der Waals surface area contributed by atoms with Crippen LogP contribution in [0.3, 0.4) is 0 Å². The Hall–Kier alpha value is -2.44. The van der Waals surface area contributed by atoms with Gasteiger partial charge < -0.3 is 4.74 Å². The van der Waals surface area contributed by atoms with Gasteiger partial charge in [-0.15, -0.1) is 11.3 Å². The first kappa shape index (κ1) is 17.4. The van der Waals surface area contributed by atoms with Gasteiger partial charge in [0.05, 0.1) is 10.0 Å². The summed E-state index contributed by atoms with van der Waals surface area (Å²) in [6, 6.07) is 21.4. The Morgan fingerprint density at radius 2 is 1.84 bits per heavy atom. The number of hydrogen-bond acceptors (Lipinski definition) is 4. The number of ether oxygens (including phenoxy) is 1. The van der Waals surface area contributed by atoms with E-state index in [1.807, 2.05) is 66.7 Å². The molecule has 1 aromatic heterocycles. The monoisotopic (exact) mass is 414 g/mol. The average Bonchev–Trinajstić information content (AvgIpc) is 3.06. The molecule has 0 atom stereocenters. The van der Waals surface area contributed by atoms with E-state index in [2.05, 4.69) is 26.5 Å². The zero-order chi connectivity index (χ0) is 17.5. The van der Waals surface area contributed by atoms with Gasteiger partial charge in [-0.3, -0.25) is 4.79 Å². The van der Waals surface area contributed by atoms with Crippen LogP contribution in [0.2, 0.25) is 0 Å². The van der Waals surface area contributed by atoms with Crippen LogP contribution < -0.4 is 10.2 Å². The molecule has 6 heteroatoms. The summed E-state index contributed by atoms with van der Waals surface area (Å²) in [6.07, 6.45) is 1.60. The van der Waals surface area contributed by atoms with Crippen LogP contribution in [0.15, 0.2) is 75.6 Å². The van der Waals surface area contributed by atoms with E-state index in [9.17, 15) is 4.79 Å². The van der Waals surface area contributed by atoms with E-state index in [-0.39, 0.29) is 12.5 Å². The van der Waals surface area contributed by atoms with Gasteiger partial charge >= 0.3 is 0 Å². The first-order valence-corrected chi connectivity index (χ1v) is 9.18. The molecule has 2 aromatic carbocycles. The van der Waals surface area contributed by atoms with Crippen molar-refractivity contribution in [2.75, 3.05) is 6.61 Å². The summed E-state index contributed by atoms with van der Waals surface area (Å²) < 4.78 is 6.68. The maximum atomic E-state index is 11.9. The lowest BCUT2D eigenvalue weighted by Gasteiger charge is -2.10. The number of nitrogens with one attached hydrogen (secondary N) is 1. The van der Waals surface area contributed by atoms with Crippen molar-refractivity contribution in [3.8, 4) is 16.9 Å². The van der Waals surface area contributed by atoms with E-state index in [4.69, 9.17) is 4.74 Å². The number of benzene rings is 2. The number of halogens is 1. The maximum Gasteiger partial charge on any atom is 0.277 e. The summed E-state index contributed by atoms with van der Waals surface area (Å²) in [6.45, 7) is -0.102. The molecule has 1 heterocycles. The number of para-hydroxylation sites is 1. The number of hydrogen-bond donors (Lipinski definition) is 1. The van der Waals surface area contributed by atoms with E-state index >= 15 is 0 Å². The molecule has 0 aliphatic carbocycles. The van der Waals surface area contributed by atoms with Gasteiger partial charge in [0.25, 0.3) is 5.91 Å². The fraction of sp³-hybridized carbons (Fsp3) is 0.0526. The van der Waals surface area contributed by atoms with Gasteiger partial charge in [0.15, 0.2) is 6.61 Å². The van der Waals surface area contributed by atoms with Crippen LogP contribution in [0.4, 0.5) is 0 Å². The van der Waals surface area contributed by atoms with E-state index in [1.54, 1.807) is 6.21 Å². The number of thiophene rings is 1. The Bertz CT molecular complexity index is 878. The maximum absolute atomic E-state index is 11.9. The standard InChI is InChI=1S/C19H15BrN2O2S/c20-18-11-10-15(25-18)12-21-22-19(23)13-24-17-9-5-4-8-16(17)14-6-2-1-3-7-14/h1-12H,13H2,(H,22,23)/b21-12+. The molecule has 4 nitrogen and oxygen atoms in total. The molecule has 3 rings (SSSR count). The first-order chi connectivity index (χ1) is 12.2. The highest BCUT2D eigenvalue weighted by molar-refractivity contribution is 9.11. The molecule has 0 fully saturated rings. The summed E-state index contributed by atoms with van der Waals surface area (Å²) in [4.78, 5) is 12.9. The fourth-order valence-electron chi connectivity index (χ4n) is 2.19. The average molecular weight is 415 g/mol. The van der Waals surface area contributed by atoms with Crippen LogP contribution in [-0.2, 0) is 4.79 Å². The Morgan fingerprint density at radius 3 is 2.60 bits per heavy atom. The lowest BCUT2D eigenvalue weighted by molar-refractivity contribution is -0.123. The number of nitrogens with zero attached hydrogens (tertiary/aromatic N) is 1. The largest absolute Gasteiger partial charge is 0.483 e. The van der Waals surface area contributed by atoms with Gasteiger partial charge in [0.1, 0.15) is 5.75 Å². The molecular formula is C19H15BrN2O2S. The molecule has 0 unspecified atom stereocenters. The molecule has 25 heavy (non-hydrogen) atoms. The Morgan fingerprint density at radius 1 is 1.08 bits per heavy atom. The number of hydrazone groups is 1. The van der Waals surface area contributed by atoms with Crippen molar-refractivity contribution in [2.24, 2.45) is 5.10 Å². The Kier molecular flexibility index (Phi) is 5.98. The molecule has 0 saturated carbocycles. The molecular weight excluding hydrogens is 400 g/mol. The van der Waals surface area contributed by atoms with Gasteiger partial charge in [-0.25, -0.2) is 5.43 Å². The zero-order valence-electron chi connectivity index (χ0n) is 13.2. The molecule has 0 aliphatic heterocycles. The summed E-state index contributed by atoms with van der Waals surface area (Å²) in [5, 5.41) is 3.93. The molecule has 0 radical (unpaired) electrons. The van der Waals surface area contributed by atoms with Crippen LogP contribution >= 0.6 is 27.3 Å². The molecule has 0 aliphatic rings. The number of carbonyl (C=O) groups is 1. The summed E-state index contributed by atoms with van der Waals surface area (Å²) in [5.74, 6) is 0.352. The lowest BCUT2D eigenvalue weighted by atomic mass is 10.1. The third-order valence-electron chi connectivity index (χ3n) is 3.31. The van der Waals surface area contributed by atoms with E-state index < -0.39 is 0 Å². The third-order valence-corrected chi connectivity index (χ3v) is 4.86. The number of rotatable bonds is 6. The molecule has 0 spiro atoms. The minimum Gasteiger partial charge on any atom is -0.483 e. The predicted octanol–water partition coefficient (Wildman–Crippen LogP) is 4.71. The molecule has 3 aromatic rings. The van der Waals surface area contributed by atoms with Crippen molar-refractivity contribution in [2.45, 2.75) is 0 Å². The smallest absolute Gasteiger partial charge is 0.277 e. The van der Waals surface area contributed by atoms with Gasteiger partial charge in [0, 0.05) is 10.4 Å². The van der Waals surface area contributed by atoms with Crippen molar-refractivity contribution in [1.82, 2.24) is 5.43 Å². The Balaban J connectivity index is 1.58. The molecule has 1 amide bonds. The second-order valence-corrected chi connectivity index (χ2v) is 7.58. The number of carbonyl (C=O) groups excluding carboxylic acids is 1. The van der Waals surface area contributed by atoms with Gasteiger partial charge in [-0.05, 0) is 39.7 Å². The third kappa shape index (κ3) is 5.01. The van der Waals surface area contributed by atoms with Crippen LogP contribution in [0.1, 0.15) is 4.88 Å². The predicted molar refractivity (Wildman–Crippen MR) is 105 cm³/mol. The highest BCUT2D eigenvalue weighted by atomic mass is 79.9. The quantitative estimate of drug-likeness (QED) is 0.469. The first-order valence-electron chi connectivity index (χ1n) is 7.57. The van der Waals surface area contributed by atoms with E-state index in [1.165, 1.54) is 11.3 Å². The van der Waals surface area contributed by atoms with E-state index in [0.717, 1.165) is 19.8 Å². The summed E-state index contributed by atoms with van der Waals surface area (Å²) in [5.41, 5.74) is 4.46. The molecule has 126 valence electrons. The van der Waals surface area contributed by atoms with Crippen molar-refractivity contribution in [3.05, 3.63) is 75.4 Å². The van der Waals surface area contributed by atoms with Crippen molar-refractivity contribution >= 4 is 39.4 Å². The molecule has 0 saturated heterocycles. The lowest BCUT2D eigenvalue weighted by Crippen LogP contribution is -2.24. The summed E-state index contributed by atoms with van der Waals surface area (Å²) in [7, 11) is 0. The van der Waals surface area contributed by atoms with E-state index in [0.29, 0.717) is 5.75 Å².